The quantitative estimate of drug-likeness (QED) is 0.908. The number of carbonyl (C=O) groups excluding carboxylic acids is 1. The smallest absolute Gasteiger partial charge is 0.326 e. The Hall–Kier alpha value is -1.36. The molecule has 0 unspecified atom stereocenters. The van der Waals surface area contributed by atoms with E-state index >= 15 is 0 Å². The first-order chi connectivity index (χ1) is 9.58. The Morgan fingerprint density at radius 3 is 2.80 bits per heavy atom. The van der Waals surface area contributed by atoms with Crippen LogP contribution in [0.25, 0.3) is 0 Å². The minimum Gasteiger partial charge on any atom is -0.480 e. The number of thiophene rings is 1. The highest BCUT2D eigenvalue weighted by molar-refractivity contribution is 7.14. The first-order valence-electron chi connectivity index (χ1n) is 7.23. The molecular formula is C15H21NO3S. The van der Waals surface area contributed by atoms with E-state index in [0.717, 1.165) is 25.7 Å². The number of aryl methyl sites for hydroxylation is 2. The molecule has 1 aliphatic heterocycles. The van der Waals surface area contributed by atoms with Crippen LogP contribution in [0.2, 0.25) is 0 Å². The van der Waals surface area contributed by atoms with Crippen molar-refractivity contribution in [2.24, 2.45) is 0 Å². The van der Waals surface area contributed by atoms with Gasteiger partial charge in [0.2, 0.25) is 0 Å². The fraction of sp³-hybridized carbons (Fsp3) is 0.600. The van der Waals surface area contributed by atoms with Gasteiger partial charge in [-0.05, 0) is 37.3 Å². The average Bonchev–Trinajstić information content (AvgIpc) is 3.04. The maximum absolute atomic E-state index is 12.5. The van der Waals surface area contributed by atoms with Gasteiger partial charge >= 0.3 is 5.97 Å². The third-order valence-electron chi connectivity index (χ3n) is 3.76. The van der Waals surface area contributed by atoms with Crippen molar-refractivity contribution in [2.75, 3.05) is 6.54 Å². The summed E-state index contributed by atoms with van der Waals surface area (Å²) in [6.45, 7) is 4.77. The van der Waals surface area contributed by atoms with Gasteiger partial charge in [-0.2, -0.15) is 0 Å². The van der Waals surface area contributed by atoms with E-state index < -0.39 is 12.0 Å². The number of amides is 1. The van der Waals surface area contributed by atoms with Crippen molar-refractivity contribution in [1.82, 2.24) is 4.90 Å². The zero-order valence-electron chi connectivity index (χ0n) is 12.0. The standard InChI is InChI=1S/C15H21NO3S/c1-3-6-12-10(4-2)9-13(20-12)14(17)16-8-5-7-11(16)15(18)19/h9,11H,3-8H2,1-2H3,(H,18,19)/t11-/m0/s1. The molecule has 0 bridgehead atoms. The number of rotatable bonds is 5. The van der Waals surface area contributed by atoms with Crippen LogP contribution < -0.4 is 0 Å². The summed E-state index contributed by atoms with van der Waals surface area (Å²) in [6.07, 6.45) is 4.30. The topological polar surface area (TPSA) is 57.6 Å². The second-order valence-electron chi connectivity index (χ2n) is 5.16. The highest BCUT2D eigenvalue weighted by atomic mass is 32.1. The molecule has 0 saturated carbocycles. The van der Waals surface area contributed by atoms with Crippen molar-refractivity contribution in [3.63, 3.8) is 0 Å². The Labute approximate surface area is 123 Å². The second-order valence-corrected chi connectivity index (χ2v) is 6.29. The van der Waals surface area contributed by atoms with Crippen LogP contribution in [-0.4, -0.2) is 34.5 Å². The van der Waals surface area contributed by atoms with Gasteiger partial charge in [0.1, 0.15) is 6.04 Å². The Bertz CT molecular complexity index is 509. The predicted molar refractivity (Wildman–Crippen MR) is 79.4 cm³/mol. The largest absolute Gasteiger partial charge is 0.480 e. The van der Waals surface area contributed by atoms with E-state index in [2.05, 4.69) is 13.8 Å². The number of likely N-dealkylation sites (tertiary alicyclic amines) is 1. The van der Waals surface area contributed by atoms with Crippen LogP contribution in [0.1, 0.15) is 53.2 Å². The fourth-order valence-electron chi connectivity index (χ4n) is 2.72. The number of aliphatic carboxylic acids is 1. The van der Waals surface area contributed by atoms with Gasteiger partial charge in [-0.25, -0.2) is 4.79 Å². The first kappa shape index (κ1) is 15.0. The number of hydrogen-bond acceptors (Lipinski definition) is 3. The van der Waals surface area contributed by atoms with Crippen molar-refractivity contribution >= 4 is 23.2 Å². The molecule has 0 spiro atoms. The molecule has 1 aromatic heterocycles. The molecule has 1 aromatic rings. The van der Waals surface area contributed by atoms with Gasteiger partial charge in [-0.1, -0.05) is 20.3 Å². The van der Waals surface area contributed by atoms with E-state index in [1.165, 1.54) is 26.7 Å². The average molecular weight is 295 g/mol. The molecule has 5 heteroatoms. The molecule has 0 aromatic carbocycles. The van der Waals surface area contributed by atoms with Crippen LogP contribution in [0.4, 0.5) is 0 Å². The maximum atomic E-state index is 12.5. The predicted octanol–water partition coefficient (Wildman–Crippen LogP) is 2.95. The summed E-state index contributed by atoms with van der Waals surface area (Å²) < 4.78 is 0. The maximum Gasteiger partial charge on any atom is 0.326 e. The molecular weight excluding hydrogens is 274 g/mol. The van der Waals surface area contributed by atoms with E-state index in [9.17, 15) is 14.7 Å². The molecule has 110 valence electrons. The van der Waals surface area contributed by atoms with Gasteiger partial charge in [0.05, 0.1) is 4.88 Å². The van der Waals surface area contributed by atoms with E-state index in [1.807, 2.05) is 6.07 Å². The lowest BCUT2D eigenvalue weighted by atomic mass is 10.1. The van der Waals surface area contributed by atoms with Crippen LogP contribution >= 0.6 is 11.3 Å². The fourth-order valence-corrected chi connectivity index (χ4v) is 4.03. The number of hydrogen-bond donors (Lipinski definition) is 1. The molecule has 1 atom stereocenters. The van der Waals surface area contributed by atoms with E-state index in [-0.39, 0.29) is 5.91 Å². The van der Waals surface area contributed by atoms with Crippen molar-refractivity contribution in [1.29, 1.82) is 0 Å². The number of nitrogens with zero attached hydrogens (tertiary/aromatic N) is 1. The van der Waals surface area contributed by atoms with Crippen LogP contribution in [0.5, 0.6) is 0 Å². The highest BCUT2D eigenvalue weighted by Crippen LogP contribution is 2.28. The van der Waals surface area contributed by atoms with Gasteiger partial charge in [0, 0.05) is 11.4 Å². The lowest BCUT2D eigenvalue weighted by molar-refractivity contribution is -0.141. The zero-order chi connectivity index (χ0) is 14.7. The molecule has 2 rings (SSSR count). The van der Waals surface area contributed by atoms with Crippen LogP contribution in [0, 0.1) is 0 Å². The van der Waals surface area contributed by atoms with Crippen molar-refractivity contribution in [3.05, 3.63) is 21.4 Å². The summed E-state index contributed by atoms with van der Waals surface area (Å²) in [5, 5.41) is 9.18. The molecule has 0 aliphatic carbocycles. The van der Waals surface area contributed by atoms with Gasteiger partial charge in [0.25, 0.3) is 5.91 Å². The Kier molecular flexibility index (Phi) is 4.81. The lowest BCUT2D eigenvalue weighted by Gasteiger charge is -2.20. The molecule has 2 heterocycles. The number of carboxylic acid groups (broad SMARTS) is 1. The van der Waals surface area contributed by atoms with Crippen LogP contribution in [0.15, 0.2) is 6.07 Å². The molecule has 1 fully saturated rings. The van der Waals surface area contributed by atoms with Crippen LogP contribution in [-0.2, 0) is 17.6 Å². The normalized spacial score (nSPS) is 18.5. The van der Waals surface area contributed by atoms with Crippen molar-refractivity contribution in [3.8, 4) is 0 Å². The molecule has 1 aliphatic rings. The summed E-state index contributed by atoms with van der Waals surface area (Å²) in [4.78, 5) is 27.2. The van der Waals surface area contributed by atoms with Gasteiger partial charge in [0.15, 0.2) is 0 Å². The Balaban J connectivity index is 2.22. The second kappa shape index (κ2) is 6.39. The molecule has 20 heavy (non-hydrogen) atoms. The minimum atomic E-state index is -0.892. The SMILES string of the molecule is CCCc1sc(C(=O)N2CCC[C@H]2C(=O)O)cc1CC. The minimum absolute atomic E-state index is 0.114. The molecule has 4 nitrogen and oxygen atoms in total. The lowest BCUT2D eigenvalue weighted by Crippen LogP contribution is -2.40. The Morgan fingerprint density at radius 2 is 2.20 bits per heavy atom. The zero-order valence-corrected chi connectivity index (χ0v) is 12.8. The number of carboxylic acids is 1. The van der Waals surface area contributed by atoms with E-state index in [4.69, 9.17) is 0 Å². The third kappa shape index (κ3) is 2.87. The van der Waals surface area contributed by atoms with Gasteiger partial charge in [-0.3, -0.25) is 4.79 Å². The summed E-state index contributed by atoms with van der Waals surface area (Å²) in [5.41, 5.74) is 1.23. The number of carbonyl (C=O) groups is 2. The first-order valence-corrected chi connectivity index (χ1v) is 8.05. The summed E-state index contributed by atoms with van der Waals surface area (Å²) in [5.74, 6) is -1.01. The van der Waals surface area contributed by atoms with E-state index in [1.54, 1.807) is 0 Å². The van der Waals surface area contributed by atoms with Crippen molar-refractivity contribution < 1.29 is 14.7 Å². The van der Waals surface area contributed by atoms with Gasteiger partial charge in [-0.15, -0.1) is 11.3 Å². The Morgan fingerprint density at radius 1 is 1.45 bits per heavy atom. The summed E-state index contributed by atoms with van der Waals surface area (Å²) in [6, 6.07) is 1.30. The van der Waals surface area contributed by atoms with Gasteiger partial charge < -0.3 is 10.0 Å². The van der Waals surface area contributed by atoms with E-state index in [0.29, 0.717) is 17.8 Å². The highest BCUT2D eigenvalue weighted by Gasteiger charge is 2.35. The summed E-state index contributed by atoms with van der Waals surface area (Å²) in [7, 11) is 0. The molecule has 1 saturated heterocycles. The van der Waals surface area contributed by atoms with Crippen molar-refractivity contribution in [2.45, 2.75) is 52.0 Å². The molecule has 0 radical (unpaired) electrons. The third-order valence-corrected chi connectivity index (χ3v) is 4.99. The summed E-state index contributed by atoms with van der Waals surface area (Å²) >= 11 is 1.53. The monoisotopic (exact) mass is 295 g/mol. The van der Waals surface area contributed by atoms with Crippen LogP contribution in [0.3, 0.4) is 0 Å². The molecule has 1 amide bonds. The molecule has 1 N–H and O–H groups in total.